The van der Waals surface area contributed by atoms with Crippen LogP contribution in [0.15, 0.2) is 24.3 Å². The van der Waals surface area contributed by atoms with E-state index in [1.807, 2.05) is 0 Å². The predicted molar refractivity (Wildman–Crippen MR) is 69.2 cm³/mol. The van der Waals surface area contributed by atoms with Gasteiger partial charge in [0.1, 0.15) is 0 Å². The Morgan fingerprint density at radius 1 is 1.39 bits per heavy atom. The van der Waals surface area contributed by atoms with Gasteiger partial charge >= 0.3 is 5.97 Å². The second-order valence-corrected chi connectivity index (χ2v) is 5.48. The number of likely N-dealkylation sites (N-methyl/N-ethyl adjacent to an activating group) is 1. The van der Waals surface area contributed by atoms with E-state index in [-0.39, 0.29) is 17.4 Å². The Balaban J connectivity index is 2.04. The van der Waals surface area contributed by atoms with E-state index in [4.69, 9.17) is 4.74 Å². The summed E-state index contributed by atoms with van der Waals surface area (Å²) in [6, 6.07) is 8.69. The second-order valence-electron chi connectivity index (χ2n) is 5.48. The zero-order chi connectivity index (χ0) is 12.8. The molecule has 1 fully saturated rings. The highest BCUT2D eigenvalue weighted by Crippen LogP contribution is 2.59. The molecule has 1 aliphatic carbocycles. The number of nitrogens with zero attached hydrogens (tertiary/aromatic N) is 1. The molecule has 1 aromatic carbocycles. The zero-order valence-electron chi connectivity index (χ0n) is 11.0. The number of carbonyl (C=O) groups excluding carboxylic acids is 1. The van der Waals surface area contributed by atoms with Gasteiger partial charge in [-0.2, -0.15) is 0 Å². The molecule has 3 rings (SSSR count). The first-order chi connectivity index (χ1) is 8.69. The largest absolute Gasteiger partial charge is 0.469 e. The first-order valence-corrected chi connectivity index (χ1v) is 6.55. The number of esters is 1. The zero-order valence-corrected chi connectivity index (χ0v) is 11.0. The molecule has 3 heteroatoms. The van der Waals surface area contributed by atoms with E-state index in [0.29, 0.717) is 0 Å². The van der Waals surface area contributed by atoms with Crippen LogP contribution in [-0.4, -0.2) is 31.6 Å². The fraction of sp³-hybridized carbons (Fsp3) is 0.533. The summed E-state index contributed by atoms with van der Waals surface area (Å²) in [6.07, 6.45) is 2.96. The quantitative estimate of drug-likeness (QED) is 0.748. The second kappa shape index (κ2) is 4.09. The van der Waals surface area contributed by atoms with Crippen molar-refractivity contribution in [2.45, 2.75) is 25.3 Å². The Morgan fingerprint density at radius 2 is 2.11 bits per heavy atom. The lowest BCUT2D eigenvalue weighted by Crippen LogP contribution is -2.41. The number of methoxy groups -OCH3 is 1. The average Bonchev–Trinajstić information content (AvgIpc) is 3.19. The first kappa shape index (κ1) is 11.7. The summed E-state index contributed by atoms with van der Waals surface area (Å²) >= 11 is 0. The van der Waals surface area contributed by atoms with Crippen molar-refractivity contribution < 1.29 is 9.53 Å². The summed E-state index contributed by atoms with van der Waals surface area (Å²) in [5.41, 5.74) is 2.41. The van der Waals surface area contributed by atoms with Crippen molar-refractivity contribution >= 4 is 5.97 Å². The van der Waals surface area contributed by atoms with E-state index in [1.165, 1.54) is 18.2 Å². The number of benzene rings is 1. The fourth-order valence-corrected chi connectivity index (χ4v) is 3.34. The summed E-state index contributed by atoms with van der Waals surface area (Å²) in [4.78, 5) is 14.4. The van der Waals surface area contributed by atoms with E-state index in [9.17, 15) is 4.79 Å². The molecule has 2 aliphatic rings. The SMILES string of the molecule is COC(=O)C1(C2c3ccccc3CCN2C)CC1. The van der Waals surface area contributed by atoms with Crippen LogP contribution in [0.2, 0.25) is 0 Å². The van der Waals surface area contributed by atoms with Gasteiger partial charge in [0.25, 0.3) is 0 Å². The van der Waals surface area contributed by atoms with E-state index in [2.05, 4.69) is 36.2 Å². The number of rotatable bonds is 2. The molecular weight excluding hydrogens is 226 g/mol. The molecule has 0 radical (unpaired) electrons. The highest BCUT2D eigenvalue weighted by atomic mass is 16.5. The van der Waals surface area contributed by atoms with Gasteiger partial charge in [0, 0.05) is 6.54 Å². The van der Waals surface area contributed by atoms with Crippen LogP contribution in [0.5, 0.6) is 0 Å². The van der Waals surface area contributed by atoms with Gasteiger partial charge in [0.2, 0.25) is 0 Å². The van der Waals surface area contributed by atoms with Crippen molar-refractivity contribution in [3.63, 3.8) is 0 Å². The van der Waals surface area contributed by atoms with E-state index in [1.54, 1.807) is 0 Å². The maximum atomic E-state index is 12.1. The minimum atomic E-state index is -0.292. The number of fused-ring (bicyclic) bond motifs is 1. The summed E-state index contributed by atoms with van der Waals surface area (Å²) < 4.78 is 5.03. The lowest BCUT2D eigenvalue weighted by atomic mass is 9.83. The Kier molecular flexibility index (Phi) is 2.67. The molecule has 3 nitrogen and oxygen atoms in total. The summed E-state index contributed by atoms with van der Waals surface area (Å²) in [6.45, 7) is 1.01. The van der Waals surface area contributed by atoms with Gasteiger partial charge in [-0.05, 0) is 37.4 Å². The third-order valence-electron chi connectivity index (χ3n) is 4.43. The van der Waals surface area contributed by atoms with Crippen LogP contribution in [0.1, 0.15) is 30.0 Å². The Bertz CT molecular complexity index is 479. The van der Waals surface area contributed by atoms with Crippen molar-refractivity contribution in [3.8, 4) is 0 Å². The minimum Gasteiger partial charge on any atom is -0.469 e. The molecule has 0 aromatic heterocycles. The van der Waals surface area contributed by atoms with Crippen LogP contribution in [0, 0.1) is 5.41 Å². The van der Waals surface area contributed by atoms with Crippen LogP contribution in [0.4, 0.5) is 0 Å². The highest BCUT2D eigenvalue weighted by Gasteiger charge is 2.59. The molecule has 1 aromatic rings. The molecule has 0 saturated heterocycles. The Morgan fingerprint density at radius 3 is 2.78 bits per heavy atom. The third kappa shape index (κ3) is 1.57. The average molecular weight is 245 g/mol. The number of hydrogen-bond acceptors (Lipinski definition) is 3. The molecule has 18 heavy (non-hydrogen) atoms. The van der Waals surface area contributed by atoms with Crippen molar-refractivity contribution in [2.75, 3.05) is 20.7 Å². The molecular formula is C15H19NO2. The predicted octanol–water partition coefficient (Wildman–Crippen LogP) is 2.17. The lowest BCUT2D eigenvalue weighted by molar-refractivity contribution is -0.150. The smallest absolute Gasteiger partial charge is 0.313 e. The first-order valence-electron chi connectivity index (χ1n) is 6.55. The molecule has 0 N–H and O–H groups in total. The normalized spacial score (nSPS) is 25.3. The summed E-state index contributed by atoms with van der Waals surface area (Å²) in [5, 5.41) is 0. The van der Waals surface area contributed by atoms with E-state index < -0.39 is 0 Å². The van der Waals surface area contributed by atoms with E-state index in [0.717, 1.165) is 25.8 Å². The minimum absolute atomic E-state index is 0.0453. The van der Waals surface area contributed by atoms with Crippen LogP contribution in [-0.2, 0) is 16.0 Å². The topological polar surface area (TPSA) is 29.5 Å². The fourth-order valence-electron chi connectivity index (χ4n) is 3.34. The Hall–Kier alpha value is -1.35. The number of hydrogen-bond donors (Lipinski definition) is 0. The van der Waals surface area contributed by atoms with Crippen LogP contribution < -0.4 is 0 Å². The van der Waals surface area contributed by atoms with Gasteiger partial charge in [-0.25, -0.2) is 0 Å². The van der Waals surface area contributed by atoms with Gasteiger partial charge in [0.05, 0.1) is 18.6 Å². The standard InChI is InChI=1S/C15H19NO2/c1-16-10-7-11-5-3-4-6-12(11)13(16)15(8-9-15)14(17)18-2/h3-6,13H,7-10H2,1-2H3. The van der Waals surface area contributed by atoms with Gasteiger partial charge in [-0.3, -0.25) is 9.69 Å². The van der Waals surface area contributed by atoms with Gasteiger partial charge in [-0.1, -0.05) is 24.3 Å². The van der Waals surface area contributed by atoms with Crippen LogP contribution >= 0.6 is 0 Å². The van der Waals surface area contributed by atoms with E-state index >= 15 is 0 Å². The maximum Gasteiger partial charge on any atom is 0.313 e. The van der Waals surface area contributed by atoms with Crippen molar-refractivity contribution in [1.29, 1.82) is 0 Å². The van der Waals surface area contributed by atoms with Gasteiger partial charge in [0.15, 0.2) is 0 Å². The Labute approximate surface area is 108 Å². The maximum absolute atomic E-state index is 12.1. The molecule has 1 unspecified atom stereocenters. The van der Waals surface area contributed by atoms with Gasteiger partial charge < -0.3 is 4.74 Å². The summed E-state index contributed by atoms with van der Waals surface area (Å²) in [5.74, 6) is -0.0453. The van der Waals surface area contributed by atoms with Crippen LogP contribution in [0.3, 0.4) is 0 Å². The number of ether oxygens (including phenoxy) is 1. The van der Waals surface area contributed by atoms with Crippen molar-refractivity contribution in [2.24, 2.45) is 5.41 Å². The van der Waals surface area contributed by atoms with Gasteiger partial charge in [-0.15, -0.1) is 0 Å². The summed E-state index contributed by atoms with van der Waals surface area (Å²) in [7, 11) is 3.61. The molecule has 1 heterocycles. The molecule has 1 saturated carbocycles. The monoisotopic (exact) mass is 245 g/mol. The molecule has 1 aliphatic heterocycles. The van der Waals surface area contributed by atoms with Crippen molar-refractivity contribution in [3.05, 3.63) is 35.4 Å². The molecule has 1 atom stereocenters. The molecule has 0 spiro atoms. The third-order valence-corrected chi connectivity index (χ3v) is 4.43. The number of carbonyl (C=O) groups is 1. The molecule has 0 amide bonds. The van der Waals surface area contributed by atoms with Crippen molar-refractivity contribution in [1.82, 2.24) is 4.90 Å². The van der Waals surface area contributed by atoms with Crippen LogP contribution in [0.25, 0.3) is 0 Å². The molecule has 96 valence electrons. The highest BCUT2D eigenvalue weighted by molar-refractivity contribution is 5.81. The lowest BCUT2D eigenvalue weighted by Gasteiger charge is -2.38. The molecule has 0 bridgehead atoms.